The highest BCUT2D eigenvalue weighted by Crippen LogP contribution is 2.47. The summed E-state index contributed by atoms with van der Waals surface area (Å²) in [4.78, 5) is 38.6. The summed E-state index contributed by atoms with van der Waals surface area (Å²) in [5, 5.41) is 2.52. The number of fused-ring (bicyclic) bond motifs is 1. The molecule has 250 valence electrons. The van der Waals surface area contributed by atoms with Crippen molar-refractivity contribution in [3.63, 3.8) is 0 Å². The molecular weight excluding hydrogens is 593 g/mol. The molecule has 0 saturated carbocycles. The molecule has 1 aliphatic rings. The van der Waals surface area contributed by atoms with Gasteiger partial charge in [-0.15, -0.1) is 6.42 Å². The number of hydrogen-bond acceptors (Lipinski definition) is 8. The maximum atomic E-state index is 14.8. The minimum absolute atomic E-state index is 0.0200. The van der Waals surface area contributed by atoms with Gasteiger partial charge in [0.25, 0.3) is 0 Å². The summed E-state index contributed by atoms with van der Waals surface area (Å²) in [5.74, 6) is 0.0644. The molecule has 2 aromatic heterocycles. The van der Waals surface area contributed by atoms with Gasteiger partial charge in [0, 0.05) is 12.8 Å². The number of amides is 1. The van der Waals surface area contributed by atoms with Gasteiger partial charge in [0.05, 0.1) is 11.7 Å². The first kappa shape index (κ1) is 36.6. The van der Waals surface area contributed by atoms with Gasteiger partial charge in [-0.1, -0.05) is 73.6 Å². The van der Waals surface area contributed by atoms with Crippen molar-refractivity contribution in [3.05, 3.63) is 12.4 Å². The van der Waals surface area contributed by atoms with Crippen molar-refractivity contribution in [1.82, 2.24) is 19.5 Å². The van der Waals surface area contributed by atoms with E-state index in [1.807, 2.05) is 20.8 Å². The second-order valence-electron chi connectivity index (χ2n) is 14.0. The number of rotatable bonds is 15. The summed E-state index contributed by atoms with van der Waals surface area (Å²) in [5.41, 5.74) is -0.434. The lowest BCUT2D eigenvalue weighted by Crippen LogP contribution is -2.53. The number of halogens is 1. The Bertz CT molecular complexity index is 1380. The number of imidazole rings is 1. The summed E-state index contributed by atoms with van der Waals surface area (Å²) in [7, 11) is -2.45. The minimum Gasteiger partial charge on any atom is -0.418 e. The van der Waals surface area contributed by atoms with E-state index in [9.17, 15) is 14.0 Å². The number of unbranched alkanes of at least 4 members (excludes halogenated alkanes) is 3. The Morgan fingerprint density at radius 2 is 1.80 bits per heavy atom. The molecule has 0 bridgehead atoms. The van der Waals surface area contributed by atoms with Crippen LogP contribution in [0.4, 0.5) is 10.2 Å². The fraction of sp³-hybridized carbons (Fsp3) is 0.727. The largest absolute Gasteiger partial charge is 0.418 e. The highest BCUT2D eigenvalue weighted by atomic mass is 28.4. The lowest BCUT2D eigenvalue weighted by molar-refractivity contribution is -0.232. The van der Waals surface area contributed by atoms with Gasteiger partial charge in [-0.05, 0) is 50.2 Å². The highest BCUT2D eigenvalue weighted by molar-refractivity contribution is 6.74. The van der Waals surface area contributed by atoms with Gasteiger partial charge in [-0.2, -0.15) is 14.4 Å². The summed E-state index contributed by atoms with van der Waals surface area (Å²) >= 11 is 0. The zero-order valence-corrected chi connectivity index (χ0v) is 29.6. The van der Waals surface area contributed by atoms with Crippen LogP contribution in [0.2, 0.25) is 18.1 Å². The third-order valence-electron chi connectivity index (χ3n) is 9.16. The molecule has 1 aliphatic heterocycles. The smallest absolute Gasteiger partial charge is 0.315 e. The predicted octanol–water partition coefficient (Wildman–Crippen LogP) is 7.66. The van der Waals surface area contributed by atoms with Crippen LogP contribution in [0.15, 0.2) is 6.33 Å². The van der Waals surface area contributed by atoms with E-state index in [1.54, 1.807) is 0 Å². The van der Waals surface area contributed by atoms with Crippen LogP contribution in [-0.2, 0) is 23.5 Å². The molecule has 0 aromatic carbocycles. The van der Waals surface area contributed by atoms with E-state index >= 15 is 0 Å². The molecule has 1 amide bonds. The molecule has 0 aliphatic carbocycles. The molecule has 0 unspecified atom stereocenters. The Balaban J connectivity index is 2.01. The normalized spacial score (nSPS) is 20.7. The van der Waals surface area contributed by atoms with Crippen LogP contribution in [0.3, 0.4) is 0 Å². The topological polar surface area (TPSA) is 117 Å². The number of anilines is 1. The summed E-state index contributed by atoms with van der Waals surface area (Å²) < 4.78 is 35.7. The monoisotopic (exact) mass is 645 g/mol. The molecule has 3 heterocycles. The zero-order valence-electron chi connectivity index (χ0n) is 28.6. The number of terminal acetylenes is 1. The number of ether oxygens (including phenoxy) is 2. The number of nitrogens with zero attached hydrogens (tertiary/aromatic N) is 4. The fourth-order valence-corrected chi connectivity index (χ4v) is 6.84. The van der Waals surface area contributed by atoms with Crippen molar-refractivity contribution >= 4 is 37.2 Å². The minimum atomic E-state index is -2.45. The molecule has 0 radical (unpaired) electrons. The summed E-state index contributed by atoms with van der Waals surface area (Å²) in [6.07, 6.45) is 12.0. The Labute approximate surface area is 268 Å². The first-order chi connectivity index (χ1) is 21.1. The Morgan fingerprint density at radius 3 is 2.38 bits per heavy atom. The standard InChI is InChI=1S/C33H52FN5O5Si/c1-11-15-16-17-18-24(40)36-27-26-28(38-30(34)37-27)39(22-35-26)25-21-23(44-45(9,10)31(5,6)7)33(14-4,42-25)43-29(41)32(8,19-12-2)20-13-3/h4,22-23,25H,11-13,15-21H2,1-3,5-10H3,(H,36,37,38,40)/t23-,25+,33+/m0/s1. The van der Waals surface area contributed by atoms with Crippen LogP contribution < -0.4 is 5.32 Å². The molecule has 45 heavy (non-hydrogen) atoms. The third-order valence-corrected chi connectivity index (χ3v) is 13.6. The Hall–Kier alpha value is -2.88. The number of aromatic nitrogens is 4. The molecule has 1 N–H and O–H groups in total. The van der Waals surface area contributed by atoms with Crippen molar-refractivity contribution in [1.29, 1.82) is 0 Å². The summed E-state index contributed by atoms with van der Waals surface area (Å²) in [6, 6.07) is 0. The lowest BCUT2D eigenvalue weighted by Gasteiger charge is -2.41. The Kier molecular flexibility index (Phi) is 11.9. The fourth-order valence-electron chi connectivity index (χ4n) is 5.53. The number of nitrogens with one attached hydrogen (secondary N) is 1. The lowest BCUT2D eigenvalue weighted by atomic mass is 9.81. The first-order valence-corrected chi connectivity index (χ1v) is 19.2. The van der Waals surface area contributed by atoms with Crippen molar-refractivity contribution < 1.29 is 27.9 Å². The van der Waals surface area contributed by atoms with Crippen molar-refractivity contribution in [3.8, 4) is 12.3 Å². The molecule has 12 heteroatoms. The van der Waals surface area contributed by atoms with E-state index in [0.29, 0.717) is 12.8 Å². The average Bonchev–Trinajstić information content (AvgIpc) is 3.52. The second kappa shape index (κ2) is 14.7. The summed E-state index contributed by atoms with van der Waals surface area (Å²) in [6.45, 7) is 18.6. The Morgan fingerprint density at radius 1 is 1.13 bits per heavy atom. The highest BCUT2D eigenvalue weighted by Gasteiger charge is 2.57. The van der Waals surface area contributed by atoms with E-state index < -0.39 is 43.9 Å². The van der Waals surface area contributed by atoms with E-state index in [0.717, 1.165) is 38.5 Å². The van der Waals surface area contributed by atoms with E-state index in [1.165, 1.54) is 10.9 Å². The van der Waals surface area contributed by atoms with Gasteiger partial charge in [0.15, 0.2) is 25.3 Å². The van der Waals surface area contributed by atoms with Crippen LogP contribution in [0.1, 0.15) is 119 Å². The molecule has 3 atom stereocenters. The molecule has 3 rings (SSSR count). The maximum Gasteiger partial charge on any atom is 0.315 e. The molecule has 1 saturated heterocycles. The number of esters is 1. The quantitative estimate of drug-likeness (QED) is 0.0690. The van der Waals surface area contributed by atoms with Gasteiger partial charge in [0.2, 0.25) is 5.91 Å². The van der Waals surface area contributed by atoms with Crippen molar-refractivity contribution in [2.24, 2.45) is 5.41 Å². The van der Waals surface area contributed by atoms with Gasteiger partial charge < -0.3 is 19.2 Å². The third kappa shape index (κ3) is 8.29. The van der Waals surface area contributed by atoms with Crippen molar-refractivity contribution in [2.75, 3.05) is 5.32 Å². The first-order valence-electron chi connectivity index (χ1n) is 16.3. The average molecular weight is 646 g/mol. The van der Waals surface area contributed by atoms with Gasteiger partial charge >= 0.3 is 17.8 Å². The second-order valence-corrected chi connectivity index (χ2v) is 18.7. The molecule has 0 spiro atoms. The molecular formula is C33H52FN5O5Si. The van der Waals surface area contributed by atoms with Crippen molar-refractivity contribution in [2.45, 2.75) is 149 Å². The molecule has 10 nitrogen and oxygen atoms in total. The van der Waals surface area contributed by atoms with Gasteiger partial charge in [-0.3, -0.25) is 14.2 Å². The number of carbonyl (C=O) groups excluding carboxylic acids is 2. The molecule has 2 aromatic rings. The van der Waals surface area contributed by atoms with E-state index in [2.05, 4.69) is 67.0 Å². The van der Waals surface area contributed by atoms with Crippen LogP contribution in [-0.4, -0.2) is 51.6 Å². The number of carbonyl (C=O) groups is 2. The predicted molar refractivity (Wildman–Crippen MR) is 175 cm³/mol. The van der Waals surface area contributed by atoms with E-state index in [-0.39, 0.29) is 40.8 Å². The van der Waals surface area contributed by atoms with Crippen LogP contribution in [0, 0.1) is 23.8 Å². The van der Waals surface area contributed by atoms with Crippen LogP contribution in [0.5, 0.6) is 0 Å². The maximum absolute atomic E-state index is 14.8. The molecule has 1 fully saturated rings. The SMILES string of the molecule is C#C[C@]1(OC(=O)C(C)(CCC)CCC)O[C@@H](n2cnc3c(NC(=O)CCCCCC)nc(F)nc32)C[C@@H]1O[Si](C)(C)C(C)(C)C. The van der Waals surface area contributed by atoms with Gasteiger partial charge in [-0.25, -0.2) is 4.98 Å². The van der Waals surface area contributed by atoms with Gasteiger partial charge in [0.1, 0.15) is 12.3 Å². The zero-order chi connectivity index (χ0) is 33.6. The number of hydrogen-bond donors (Lipinski definition) is 1. The van der Waals surface area contributed by atoms with Crippen LogP contribution >= 0.6 is 0 Å². The van der Waals surface area contributed by atoms with Crippen LogP contribution in [0.25, 0.3) is 11.2 Å². The van der Waals surface area contributed by atoms with E-state index in [4.69, 9.17) is 20.3 Å².